The third-order valence-electron chi connectivity index (χ3n) is 4.43. The Bertz CT molecular complexity index is 862. The second-order valence-electron chi connectivity index (χ2n) is 6.23. The van der Waals surface area contributed by atoms with Crippen molar-refractivity contribution in [2.45, 2.75) is 13.0 Å². The van der Waals surface area contributed by atoms with Gasteiger partial charge in [-0.2, -0.15) is 0 Å². The molecule has 2 aromatic heterocycles. The van der Waals surface area contributed by atoms with Gasteiger partial charge in [-0.3, -0.25) is 4.79 Å². The van der Waals surface area contributed by atoms with Gasteiger partial charge < -0.3 is 19.2 Å². The number of imidazole rings is 1. The van der Waals surface area contributed by atoms with Crippen molar-refractivity contribution in [1.29, 1.82) is 0 Å². The second kappa shape index (κ2) is 5.79. The van der Waals surface area contributed by atoms with E-state index < -0.39 is 0 Å². The van der Waals surface area contributed by atoms with E-state index in [1.165, 1.54) is 0 Å². The summed E-state index contributed by atoms with van der Waals surface area (Å²) in [5, 5.41) is 1.05. The van der Waals surface area contributed by atoms with Gasteiger partial charge >= 0.3 is 0 Å². The number of hydrogen-bond donors (Lipinski definition) is 1. The Balaban J connectivity index is 1.57. The number of carbonyl (C=O) groups excluding carboxylic acids is 1. The molecule has 1 N–H and O–H groups in total. The second-order valence-corrected chi connectivity index (χ2v) is 6.23. The molecule has 1 saturated heterocycles. The van der Waals surface area contributed by atoms with Crippen LogP contribution in [0.4, 0.5) is 0 Å². The molecule has 124 valence electrons. The zero-order chi connectivity index (χ0) is 16.7. The van der Waals surface area contributed by atoms with Crippen molar-refractivity contribution >= 4 is 16.8 Å². The van der Waals surface area contributed by atoms with Gasteiger partial charge in [0.2, 0.25) is 0 Å². The molecular weight excluding hydrogens is 304 g/mol. The molecule has 4 rings (SSSR count). The number of nitrogens with zero attached hydrogens (tertiary/aromatic N) is 3. The summed E-state index contributed by atoms with van der Waals surface area (Å²) in [6.07, 6.45) is 1.78. The van der Waals surface area contributed by atoms with Crippen molar-refractivity contribution in [2.75, 3.05) is 19.7 Å². The number of ether oxygens (including phenoxy) is 1. The highest BCUT2D eigenvalue weighted by Gasteiger charge is 2.29. The predicted octanol–water partition coefficient (Wildman–Crippen LogP) is 2.42. The van der Waals surface area contributed by atoms with Crippen molar-refractivity contribution in [3.8, 4) is 0 Å². The van der Waals surface area contributed by atoms with E-state index in [-0.39, 0.29) is 12.0 Å². The van der Waals surface area contributed by atoms with Gasteiger partial charge in [0.05, 0.1) is 18.8 Å². The molecule has 0 spiro atoms. The number of amides is 1. The van der Waals surface area contributed by atoms with Crippen LogP contribution in [0.15, 0.2) is 36.5 Å². The van der Waals surface area contributed by atoms with E-state index in [0.29, 0.717) is 25.4 Å². The molecule has 1 fully saturated rings. The number of aromatic amines is 1. The van der Waals surface area contributed by atoms with Gasteiger partial charge in [-0.05, 0) is 19.1 Å². The minimum absolute atomic E-state index is 0.00503. The number of H-pyrrole nitrogens is 1. The van der Waals surface area contributed by atoms with Crippen molar-refractivity contribution in [3.63, 3.8) is 0 Å². The van der Waals surface area contributed by atoms with Gasteiger partial charge in [-0.25, -0.2) is 4.98 Å². The number of aromatic nitrogens is 3. The molecule has 1 aliphatic rings. The van der Waals surface area contributed by atoms with Crippen molar-refractivity contribution in [3.05, 3.63) is 53.7 Å². The molecule has 1 aromatic carbocycles. The summed E-state index contributed by atoms with van der Waals surface area (Å²) in [5.74, 6) is 0.868. The molecule has 3 heterocycles. The average molecular weight is 324 g/mol. The van der Waals surface area contributed by atoms with Crippen LogP contribution in [0.1, 0.15) is 28.1 Å². The number of nitrogens with one attached hydrogen (secondary N) is 1. The summed E-state index contributed by atoms with van der Waals surface area (Å²) < 4.78 is 7.82. The van der Waals surface area contributed by atoms with Crippen molar-refractivity contribution in [1.82, 2.24) is 19.4 Å². The van der Waals surface area contributed by atoms with E-state index in [2.05, 4.69) is 9.97 Å². The minimum atomic E-state index is -0.189. The zero-order valence-electron chi connectivity index (χ0n) is 13.8. The lowest BCUT2D eigenvalue weighted by Gasteiger charge is -2.32. The Kier molecular flexibility index (Phi) is 3.61. The highest BCUT2D eigenvalue weighted by molar-refractivity contribution is 5.98. The van der Waals surface area contributed by atoms with Gasteiger partial charge in [0, 0.05) is 30.7 Å². The average Bonchev–Trinajstić information content (AvgIpc) is 3.17. The first-order valence-electron chi connectivity index (χ1n) is 8.10. The van der Waals surface area contributed by atoms with Crippen LogP contribution in [0.2, 0.25) is 0 Å². The number of rotatable bonds is 2. The molecule has 1 unspecified atom stereocenters. The summed E-state index contributed by atoms with van der Waals surface area (Å²) >= 11 is 0. The Morgan fingerprint density at radius 3 is 2.96 bits per heavy atom. The first-order chi connectivity index (χ1) is 11.6. The maximum absolute atomic E-state index is 12.8. The highest BCUT2D eigenvalue weighted by atomic mass is 16.5. The SMILES string of the molecule is Cc1cn(C)c(C2CN(C(=O)c3cc4ccccc4[nH]3)CCO2)n1. The number of morpholine rings is 1. The fraction of sp³-hybridized carbons (Fsp3) is 0.333. The quantitative estimate of drug-likeness (QED) is 0.787. The van der Waals surface area contributed by atoms with E-state index >= 15 is 0 Å². The molecule has 0 radical (unpaired) electrons. The Morgan fingerprint density at radius 2 is 2.21 bits per heavy atom. The van der Waals surface area contributed by atoms with Crippen LogP contribution >= 0.6 is 0 Å². The first-order valence-corrected chi connectivity index (χ1v) is 8.10. The Morgan fingerprint density at radius 1 is 1.38 bits per heavy atom. The molecule has 1 aliphatic heterocycles. The summed E-state index contributed by atoms with van der Waals surface area (Å²) in [7, 11) is 1.96. The Labute approximate surface area is 140 Å². The normalized spacial score (nSPS) is 18.2. The van der Waals surface area contributed by atoms with E-state index in [1.807, 2.05) is 60.0 Å². The fourth-order valence-electron chi connectivity index (χ4n) is 3.28. The third-order valence-corrected chi connectivity index (χ3v) is 4.43. The summed E-state index contributed by atoms with van der Waals surface area (Å²) in [4.78, 5) is 22.4. The molecule has 0 bridgehead atoms. The lowest BCUT2D eigenvalue weighted by molar-refractivity contribution is -0.0281. The summed E-state index contributed by atoms with van der Waals surface area (Å²) in [6.45, 7) is 3.58. The van der Waals surface area contributed by atoms with E-state index in [0.717, 1.165) is 22.4 Å². The largest absolute Gasteiger partial charge is 0.367 e. The topological polar surface area (TPSA) is 63.2 Å². The smallest absolute Gasteiger partial charge is 0.270 e. The van der Waals surface area contributed by atoms with Crippen LogP contribution in [0.5, 0.6) is 0 Å². The molecular formula is C18H20N4O2. The van der Waals surface area contributed by atoms with Gasteiger partial charge in [-0.1, -0.05) is 18.2 Å². The first kappa shape index (κ1) is 15.0. The fourth-order valence-corrected chi connectivity index (χ4v) is 3.28. The van der Waals surface area contributed by atoms with Gasteiger partial charge in [0.25, 0.3) is 5.91 Å². The molecule has 6 heteroatoms. The monoisotopic (exact) mass is 324 g/mol. The van der Waals surface area contributed by atoms with Crippen molar-refractivity contribution < 1.29 is 9.53 Å². The van der Waals surface area contributed by atoms with E-state index in [9.17, 15) is 4.79 Å². The van der Waals surface area contributed by atoms with E-state index in [4.69, 9.17) is 4.74 Å². The number of fused-ring (bicyclic) bond motifs is 1. The van der Waals surface area contributed by atoms with Crippen molar-refractivity contribution in [2.24, 2.45) is 7.05 Å². The van der Waals surface area contributed by atoms with Crippen LogP contribution in [0.25, 0.3) is 10.9 Å². The molecule has 6 nitrogen and oxygen atoms in total. The number of benzene rings is 1. The van der Waals surface area contributed by atoms with Crippen LogP contribution in [0, 0.1) is 6.92 Å². The maximum atomic E-state index is 12.8. The lowest BCUT2D eigenvalue weighted by atomic mass is 10.2. The number of carbonyl (C=O) groups is 1. The van der Waals surface area contributed by atoms with Crippen LogP contribution in [-0.2, 0) is 11.8 Å². The van der Waals surface area contributed by atoms with Crippen LogP contribution in [-0.4, -0.2) is 45.0 Å². The predicted molar refractivity (Wildman–Crippen MR) is 90.8 cm³/mol. The molecule has 1 amide bonds. The Hall–Kier alpha value is -2.60. The molecule has 0 aliphatic carbocycles. The zero-order valence-corrected chi connectivity index (χ0v) is 13.8. The number of para-hydroxylation sites is 1. The summed E-state index contributed by atoms with van der Waals surface area (Å²) in [5.41, 5.74) is 2.55. The van der Waals surface area contributed by atoms with Gasteiger partial charge in [0.1, 0.15) is 17.6 Å². The third kappa shape index (κ3) is 2.59. The highest BCUT2D eigenvalue weighted by Crippen LogP contribution is 2.23. The molecule has 1 atom stereocenters. The standard InChI is InChI=1S/C18H20N4O2/c1-12-10-21(2)17(19-12)16-11-22(7-8-24-16)18(23)15-9-13-5-3-4-6-14(13)20-15/h3-6,9-10,16,20H,7-8,11H2,1-2H3. The summed E-state index contributed by atoms with van der Waals surface area (Å²) in [6, 6.07) is 9.82. The van der Waals surface area contributed by atoms with Crippen LogP contribution < -0.4 is 0 Å². The molecule has 24 heavy (non-hydrogen) atoms. The lowest BCUT2D eigenvalue weighted by Crippen LogP contribution is -2.43. The minimum Gasteiger partial charge on any atom is -0.367 e. The number of aryl methyl sites for hydroxylation is 2. The number of hydrogen-bond acceptors (Lipinski definition) is 3. The van der Waals surface area contributed by atoms with Crippen LogP contribution in [0.3, 0.4) is 0 Å². The van der Waals surface area contributed by atoms with Gasteiger partial charge in [0.15, 0.2) is 0 Å². The molecule has 0 saturated carbocycles. The van der Waals surface area contributed by atoms with E-state index in [1.54, 1.807) is 0 Å². The van der Waals surface area contributed by atoms with Gasteiger partial charge in [-0.15, -0.1) is 0 Å². The molecule has 3 aromatic rings. The maximum Gasteiger partial charge on any atom is 0.270 e.